The van der Waals surface area contributed by atoms with Crippen LogP contribution in [0.3, 0.4) is 0 Å². The highest BCUT2D eigenvalue weighted by Crippen LogP contribution is 2.15. The maximum Gasteiger partial charge on any atom is 0.254 e. The van der Waals surface area contributed by atoms with Crippen molar-refractivity contribution in [2.45, 2.75) is 27.3 Å². The molecule has 0 spiro atoms. The molecular weight excluding hydrogens is 300 g/mol. The Morgan fingerprint density at radius 1 is 1.25 bits per heavy atom. The maximum atomic E-state index is 12.5. The van der Waals surface area contributed by atoms with Crippen molar-refractivity contribution in [3.63, 3.8) is 0 Å². The number of rotatable bonds is 7. The van der Waals surface area contributed by atoms with Crippen LogP contribution in [0.5, 0.6) is 0 Å². The largest absolute Gasteiger partial charge is 0.351 e. The van der Waals surface area contributed by atoms with E-state index in [1.54, 1.807) is 6.20 Å². The molecule has 0 aliphatic rings. The standard InChI is InChI=1S/C19H28N4O/c1-15-17(18(24)20-13-19(2,3)14-22(4)5)11-21-23(15)12-16-9-7-6-8-10-16/h6-11H,12-14H2,1-5H3,(H,20,24). The van der Waals surface area contributed by atoms with Gasteiger partial charge in [0.25, 0.3) is 5.91 Å². The summed E-state index contributed by atoms with van der Waals surface area (Å²) in [5.74, 6) is -0.0568. The predicted octanol–water partition coefficient (Wildman–Crippen LogP) is 2.56. The predicted molar refractivity (Wildman–Crippen MR) is 97.2 cm³/mol. The minimum Gasteiger partial charge on any atom is -0.351 e. The van der Waals surface area contributed by atoms with Crippen LogP contribution in [-0.2, 0) is 6.54 Å². The molecule has 5 nitrogen and oxygen atoms in total. The number of hydrogen-bond acceptors (Lipinski definition) is 3. The summed E-state index contributed by atoms with van der Waals surface area (Å²) in [7, 11) is 4.09. The van der Waals surface area contributed by atoms with Crippen molar-refractivity contribution in [3.8, 4) is 0 Å². The molecule has 1 N–H and O–H groups in total. The van der Waals surface area contributed by atoms with Crippen LogP contribution < -0.4 is 5.32 Å². The van der Waals surface area contributed by atoms with Gasteiger partial charge in [-0.05, 0) is 32.0 Å². The number of aromatic nitrogens is 2. The first kappa shape index (κ1) is 18.2. The van der Waals surface area contributed by atoms with Gasteiger partial charge in [0.15, 0.2) is 0 Å². The van der Waals surface area contributed by atoms with E-state index in [4.69, 9.17) is 0 Å². The van der Waals surface area contributed by atoms with Crippen molar-refractivity contribution in [3.05, 3.63) is 53.3 Å². The van der Waals surface area contributed by atoms with Crippen LogP contribution in [0.1, 0.15) is 35.5 Å². The Morgan fingerprint density at radius 3 is 2.54 bits per heavy atom. The second-order valence-corrected chi connectivity index (χ2v) is 7.37. The molecule has 130 valence electrons. The molecule has 1 aromatic carbocycles. The Hall–Kier alpha value is -2.14. The molecule has 2 rings (SSSR count). The van der Waals surface area contributed by atoms with E-state index in [0.29, 0.717) is 18.7 Å². The molecule has 1 heterocycles. The van der Waals surface area contributed by atoms with Crippen LogP contribution >= 0.6 is 0 Å². The van der Waals surface area contributed by atoms with E-state index in [1.807, 2.05) is 43.9 Å². The summed E-state index contributed by atoms with van der Waals surface area (Å²) in [6.07, 6.45) is 1.66. The van der Waals surface area contributed by atoms with Crippen molar-refractivity contribution < 1.29 is 4.79 Å². The molecule has 0 atom stereocenters. The Morgan fingerprint density at radius 2 is 1.92 bits per heavy atom. The van der Waals surface area contributed by atoms with Crippen LogP contribution in [0.4, 0.5) is 0 Å². The molecule has 0 bridgehead atoms. The molecule has 0 aliphatic heterocycles. The summed E-state index contributed by atoms with van der Waals surface area (Å²) in [5, 5.41) is 7.42. The zero-order valence-corrected chi connectivity index (χ0v) is 15.3. The van der Waals surface area contributed by atoms with Crippen LogP contribution in [0.2, 0.25) is 0 Å². The first-order valence-electron chi connectivity index (χ1n) is 8.28. The smallest absolute Gasteiger partial charge is 0.254 e. The number of carbonyl (C=O) groups excluding carboxylic acids is 1. The molecule has 0 radical (unpaired) electrons. The molecule has 1 amide bonds. The fourth-order valence-corrected chi connectivity index (χ4v) is 2.91. The minimum absolute atomic E-state index is 0.0209. The van der Waals surface area contributed by atoms with Crippen LogP contribution in [0.15, 0.2) is 36.5 Å². The molecule has 24 heavy (non-hydrogen) atoms. The third kappa shape index (κ3) is 4.93. The molecular formula is C19H28N4O. The average Bonchev–Trinajstić information content (AvgIpc) is 2.86. The van der Waals surface area contributed by atoms with Crippen molar-refractivity contribution in [2.24, 2.45) is 5.41 Å². The Labute approximate surface area is 144 Å². The summed E-state index contributed by atoms with van der Waals surface area (Å²) in [5.41, 5.74) is 2.73. The number of amides is 1. The first-order chi connectivity index (χ1) is 11.3. The van der Waals surface area contributed by atoms with Gasteiger partial charge in [0.05, 0.1) is 18.3 Å². The van der Waals surface area contributed by atoms with Crippen molar-refractivity contribution >= 4 is 5.91 Å². The molecule has 0 aliphatic carbocycles. The van der Waals surface area contributed by atoms with Gasteiger partial charge in [-0.3, -0.25) is 9.48 Å². The van der Waals surface area contributed by atoms with Gasteiger partial charge < -0.3 is 10.2 Å². The third-order valence-electron chi connectivity index (χ3n) is 3.99. The number of benzene rings is 1. The molecule has 0 fully saturated rings. The number of nitrogens with one attached hydrogen (secondary N) is 1. The normalized spacial score (nSPS) is 11.8. The summed E-state index contributed by atoms with van der Waals surface area (Å²) in [4.78, 5) is 14.6. The quantitative estimate of drug-likeness (QED) is 0.850. The Balaban J connectivity index is 2.01. The van der Waals surface area contributed by atoms with Gasteiger partial charge in [-0.15, -0.1) is 0 Å². The van der Waals surface area contributed by atoms with E-state index < -0.39 is 0 Å². The van der Waals surface area contributed by atoms with Crippen molar-refractivity contribution in [1.82, 2.24) is 20.0 Å². The minimum atomic E-state index is -0.0568. The van der Waals surface area contributed by atoms with Crippen LogP contribution in [0.25, 0.3) is 0 Å². The van der Waals surface area contributed by atoms with Gasteiger partial charge in [-0.25, -0.2) is 0 Å². The first-order valence-corrected chi connectivity index (χ1v) is 8.28. The third-order valence-corrected chi connectivity index (χ3v) is 3.99. The van der Waals surface area contributed by atoms with E-state index >= 15 is 0 Å². The van der Waals surface area contributed by atoms with E-state index in [1.165, 1.54) is 5.56 Å². The topological polar surface area (TPSA) is 50.2 Å². The summed E-state index contributed by atoms with van der Waals surface area (Å²) >= 11 is 0. The highest BCUT2D eigenvalue weighted by Gasteiger charge is 2.21. The fraction of sp³-hybridized carbons (Fsp3) is 0.474. The van der Waals surface area contributed by atoms with Crippen LogP contribution in [-0.4, -0.2) is 47.8 Å². The van der Waals surface area contributed by atoms with E-state index in [2.05, 4.69) is 41.3 Å². The van der Waals surface area contributed by atoms with Gasteiger partial charge in [-0.1, -0.05) is 44.2 Å². The van der Waals surface area contributed by atoms with Gasteiger partial charge in [0.2, 0.25) is 0 Å². The zero-order chi connectivity index (χ0) is 17.7. The highest BCUT2D eigenvalue weighted by molar-refractivity contribution is 5.95. The maximum absolute atomic E-state index is 12.5. The van der Waals surface area contributed by atoms with Gasteiger partial charge >= 0.3 is 0 Å². The molecule has 0 saturated heterocycles. The summed E-state index contributed by atoms with van der Waals surface area (Å²) in [6.45, 7) is 8.46. The fourth-order valence-electron chi connectivity index (χ4n) is 2.91. The second-order valence-electron chi connectivity index (χ2n) is 7.37. The van der Waals surface area contributed by atoms with Crippen LogP contribution in [0, 0.1) is 12.3 Å². The van der Waals surface area contributed by atoms with Gasteiger partial charge in [-0.2, -0.15) is 5.10 Å². The lowest BCUT2D eigenvalue weighted by molar-refractivity contribution is 0.0928. The highest BCUT2D eigenvalue weighted by atomic mass is 16.1. The molecule has 0 unspecified atom stereocenters. The molecule has 1 aromatic heterocycles. The molecule has 0 saturated carbocycles. The van der Waals surface area contributed by atoms with E-state index in [9.17, 15) is 4.79 Å². The van der Waals surface area contributed by atoms with Crippen molar-refractivity contribution in [2.75, 3.05) is 27.2 Å². The average molecular weight is 328 g/mol. The molecule has 2 aromatic rings. The van der Waals surface area contributed by atoms with Crippen molar-refractivity contribution in [1.29, 1.82) is 0 Å². The molecule has 5 heteroatoms. The lowest BCUT2D eigenvalue weighted by Crippen LogP contribution is -2.40. The lowest BCUT2D eigenvalue weighted by atomic mass is 9.93. The lowest BCUT2D eigenvalue weighted by Gasteiger charge is -2.28. The van der Waals surface area contributed by atoms with E-state index in [-0.39, 0.29) is 11.3 Å². The monoisotopic (exact) mass is 328 g/mol. The number of hydrogen-bond donors (Lipinski definition) is 1. The summed E-state index contributed by atoms with van der Waals surface area (Å²) < 4.78 is 1.87. The van der Waals surface area contributed by atoms with E-state index in [0.717, 1.165) is 12.2 Å². The van der Waals surface area contributed by atoms with Gasteiger partial charge in [0.1, 0.15) is 0 Å². The second kappa shape index (κ2) is 7.62. The number of carbonyl (C=O) groups is 1. The zero-order valence-electron chi connectivity index (χ0n) is 15.3. The summed E-state index contributed by atoms with van der Waals surface area (Å²) in [6, 6.07) is 10.1. The number of nitrogens with zero attached hydrogens (tertiary/aromatic N) is 3. The van der Waals surface area contributed by atoms with Gasteiger partial charge in [0, 0.05) is 18.8 Å². The Kier molecular flexibility index (Phi) is 5.78. The Bertz CT molecular complexity index is 674. The SMILES string of the molecule is Cc1c(C(=O)NCC(C)(C)CN(C)C)cnn1Cc1ccccc1.